The Hall–Kier alpha value is -1.22. The van der Waals surface area contributed by atoms with E-state index < -0.39 is 55.9 Å². The zero-order valence-corrected chi connectivity index (χ0v) is 9.89. The zero-order chi connectivity index (χ0) is 14.6. The average molecular weight is 302 g/mol. The number of hydrogen-bond donors (Lipinski definition) is 1. The van der Waals surface area contributed by atoms with Crippen molar-refractivity contribution in [2.45, 2.75) is 29.1 Å². The second-order valence-corrected chi connectivity index (χ2v) is 5.97. The summed E-state index contributed by atoms with van der Waals surface area (Å²) < 4.78 is 87.4. The second-order valence-electron chi connectivity index (χ2n) is 4.08. The topological polar surface area (TPSA) is 54.4 Å². The van der Waals surface area contributed by atoms with Gasteiger partial charge in [0.15, 0.2) is 0 Å². The highest BCUT2D eigenvalue weighted by molar-refractivity contribution is 7.91. The Morgan fingerprint density at radius 2 is 1.89 bits per heavy atom. The van der Waals surface area contributed by atoms with Crippen LogP contribution in [0.2, 0.25) is 0 Å². The van der Waals surface area contributed by atoms with Crippen molar-refractivity contribution in [1.82, 2.24) is 0 Å². The van der Waals surface area contributed by atoms with E-state index in [2.05, 4.69) is 0 Å². The monoisotopic (exact) mass is 302 g/mol. The van der Waals surface area contributed by atoms with Gasteiger partial charge in [0.1, 0.15) is 11.9 Å². The van der Waals surface area contributed by atoms with E-state index in [0.717, 1.165) is 0 Å². The second kappa shape index (κ2) is 4.14. The smallest absolute Gasteiger partial charge is 0.341 e. The van der Waals surface area contributed by atoms with Crippen molar-refractivity contribution in [1.29, 1.82) is 0 Å². The van der Waals surface area contributed by atoms with Gasteiger partial charge in [-0.05, 0) is 12.1 Å². The Labute approximate surface area is 104 Å². The number of aliphatic hydroxyl groups is 1. The van der Waals surface area contributed by atoms with E-state index in [1.165, 1.54) is 0 Å². The van der Waals surface area contributed by atoms with E-state index in [0.29, 0.717) is 12.1 Å². The lowest BCUT2D eigenvalue weighted by molar-refractivity contribution is -0.0977. The largest absolute Gasteiger partial charge is 0.382 e. The number of halogens is 5. The van der Waals surface area contributed by atoms with Gasteiger partial charge >= 0.3 is 5.76 Å². The molecule has 1 aromatic rings. The molecule has 0 spiro atoms. The van der Waals surface area contributed by atoms with Crippen LogP contribution in [-0.4, -0.2) is 25.2 Å². The minimum Gasteiger partial charge on any atom is -0.382 e. The van der Waals surface area contributed by atoms with Gasteiger partial charge in [0.05, 0.1) is 4.90 Å². The molecular formula is C10H7F5O3S. The van der Waals surface area contributed by atoms with Crippen LogP contribution in [0.5, 0.6) is 0 Å². The quantitative estimate of drug-likeness (QED) is 0.672. The Bertz CT molecular complexity index is 626. The molecule has 0 saturated heterocycles. The van der Waals surface area contributed by atoms with Gasteiger partial charge in [-0.1, -0.05) is 0 Å². The molecule has 0 radical (unpaired) electrons. The van der Waals surface area contributed by atoms with Gasteiger partial charge in [0, 0.05) is 17.5 Å². The third-order valence-electron chi connectivity index (χ3n) is 2.89. The molecule has 1 atom stereocenters. The molecule has 3 nitrogen and oxygen atoms in total. The van der Waals surface area contributed by atoms with Crippen LogP contribution in [-0.2, 0) is 16.3 Å². The molecule has 9 heteroatoms. The molecule has 1 N–H and O–H groups in total. The molecular weight excluding hydrogens is 295 g/mol. The molecule has 0 aromatic heterocycles. The van der Waals surface area contributed by atoms with Crippen molar-refractivity contribution in [3.8, 4) is 0 Å². The lowest BCUT2D eigenvalue weighted by atomic mass is 10.1. The SMILES string of the molecule is O=S(=O)(c1ccc(F)c2c1[C@H](O)C(F)(F)C2)C(F)F. The minimum atomic E-state index is -5.20. The maximum absolute atomic E-state index is 13.3. The maximum Gasteiger partial charge on any atom is 0.341 e. The highest BCUT2D eigenvalue weighted by Gasteiger charge is 2.51. The van der Waals surface area contributed by atoms with E-state index in [1.807, 2.05) is 0 Å². The first-order valence-corrected chi connectivity index (χ1v) is 6.53. The summed E-state index contributed by atoms with van der Waals surface area (Å²) in [6.07, 6.45) is -3.86. The zero-order valence-electron chi connectivity index (χ0n) is 9.08. The van der Waals surface area contributed by atoms with Crippen LogP contribution in [0.3, 0.4) is 0 Å². The van der Waals surface area contributed by atoms with Crippen molar-refractivity contribution >= 4 is 9.84 Å². The molecule has 19 heavy (non-hydrogen) atoms. The van der Waals surface area contributed by atoms with Crippen LogP contribution in [0.4, 0.5) is 22.0 Å². The van der Waals surface area contributed by atoms with Crippen LogP contribution in [0, 0.1) is 5.82 Å². The number of sulfone groups is 1. The molecule has 0 bridgehead atoms. The van der Waals surface area contributed by atoms with E-state index >= 15 is 0 Å². The maximum atomic E-state index is 13.3. The highest BCUT2D eigenvalue weighted by atomic mass is 32.2. The standard InChI is InChI=1S/C10H7F5O3S/c11-5-1-2-6(19(17,18)9(12)13)7-4(5)3-10(14,15)8(7)16/h1-2,8-9,16H,3H2/t8-/m0/s1. The van der Waals surface area contributed by atoms with Crippen LogP contribution in [0.25, 0.3) is 0 Å². The first kappa shape index (κ1) is 14.2. The van der Waals surface area contributed by atoms with Crippen molar-refractivity contribution in [3.63, 3.8) is 0 Å². The number of rotatable bonds is 2. The fourth-order valence-electron chi connectivity index (χ4n) is 1.98. The van der Waals surface area contributed by atoms with E-state index in [1.54, 1.807) is 0 Å². The van der Waals surface area contributed by atoms with E-state index in [-0.39, 0.29) is 0 Å². The van der Waals surface area contributed by atoms with Gasteiger partial charge in [-0.2, -0.15) is 8.78 Å². The van der Waals surface area contributed by atoms with Crippen LogP contribution < -0.4 is 0 Å². The Balaban J connectivity index is 2.74. The Morgan fingerprint density at radius 1 is 1.32 bits per heavy atom. The molecule has 2 rings (SSSR count). The summed E-state index contributed by atoms with van der Waals surface area (Å²) in [5.74, 6) is -8.81. The Kier molecular flexibility index (Phi) is 3.09. The lowest BCUT2D eigenvalue weighted by Crippen LogP contribution is -2.23. The number of aliphatic hydroxyl groups excluding tert-OH is 1. The summed E-state index contributed by atoms with van der Waals surface area (Å²) in [5, 5.41) is 9.33. The van der Waals surface area contributed by atoms with Gasteiger partial charge in [-0.3, -0.25) is 0 Å². The van der Waals surface area contributed by atoms with Gasteiger partial charge in [0.2, 0.25) is 9.84 Å². The molecule has 1 aliphatic rings. The van der Waals surface area contributed by atoms with Crippen LogP contribution in [0.15, 0.2) is 17.0 Å². The normalized spacial score (nSPS) is 21.7. The number of hydrogen-bond acceptors (Lipinski definition) is 3. The molecule has 0 unspecified atom stereocenters. The van der Waals surface area contributed by atoms with Crippen molar-refractivity contribution in [2.75, 3.05) is 0 Å². The van der Waals surface area contributed by atoms with Crippen molar-refractivity contribution < 1.29 is 35.5 Å². The molecule has 0 saturated carbocycles. The van der Waals surface area contributed by atoms with Crippen LogP contribution >= 0.6 is 0 Å². The minimum absolute atomic E-state index is 0.459. The lowest BCUT2D eigenvalue weighted by Gasteiger charge is -2.15. The number of alkyl halides is 4. The fraction of sp³-hybridized carbons (Fsp3) is 0.400. The third kappa shape index (κ3) is 2.00. The predicted octanol–water partition coefficient (Wildman–Crippen LogP) is 2.05. The molecule has 0 heterocycles. The summed E-state index contributed by atoms with van der Waals surface area (Å²) in [7, 11) is -5.20. The number of benzene rings is 1. The fourth-order valence-corrected chi connectivity index (χ4v) is 2.97. The van der Waals surface area contributed by atoms with Gasteiger partial charge in [-0.25, -0.2) is 21.6 Å². The summed E-state index contributed by atoms with van der Waals surface area (Å²) in [5.41, 5.74) is -1.73. The molecule has 0 amide bonds. The molecule has 1 aromatic carbocycles. The highest BCUT2D eigenvalue weighted by Crippen LogP contribution is 2.47. The summed E-state index contributed by atoms with van der Waals surface area (Å²) in [6.45, 7) is 0. The molecule has 0 fully saturated rings. The summed E-state index contributed by atoms with van der Waals surface area (Å²) >= 11 is 0. The van der Waals surface area contributed by atoms with Crippen LogP contribution in [0.1, 0.15) is 17.2 Å². The molecule has 0 aliphatic heterocycles. The molecule has 1 aliphatic carbocycles. The van der Waals surface area contributed by atoms with Gasteiger partial charge in [-0.15, -0.1) is 0 Å². The molecule has 106 valence electrons. The van der Waals surface area contributed by atoms with E-state index in [9.17, 15) is 35.5 Å². The van der Waals surface area contributed by atoms with Gasteiger partial charge in [0.25, 0.3) is 5.92 Å². The van der Waals surface area contributed by atoms with Gasteiger partial charge < -0.3 is 5.11 Å². The van der Waals surface area contributed by atoms with Crippen molar-refractivity contribution in [2.24, 2.45) is 0 Å². The average Bonchev–Trinajstić information content (AvgIpc) is 2.52. The van der Waals surface area contributed by atoms with E-state index in [4.69, 9.17) is 0 Å². The summed E-state index contributed by atoms with van der Waals surface area (Å²) in [4.78, 5) is -1.16. The first-order chi connectivity index (χ1) is 8.59. The Morgan fingerprint density at radius 3 is 2.42 bits per heavy atom. The third-order valence-corrected chi connectivity index (χ3v) is 4.33. The predicted molar refractivity (Wildman–Crippen MR) is 53.2 cm³/mol. The first-order valence-electron chi connectivity index (χ1n) is 4.98. The summed E-state index contributed by atoms with van der Waals surface area (Å²) in [6, 6.07) is 0.975. The van der Waals surface area contributed by atoms with Crippen molar-refractivity contribution in [3.05, 3.63) is 29.1 Å². The number of fused-ring (bicyclic) bond motifs is 1.